The van der Waals surface area contributed by atoms with Gasteiger partial charge in [-0.15, -0.1) is 0 Å². The molecular formula is C20H27BN4O4. The van der Waals surface area contributed by atoms with Crippen molar-refractivity contribution in [1.82, 2.24) is 20.6 Å². The Kier molecular flexibility index (Phi) is 9.26. The summed E-state index contributed by atoms with van der Waals surface area (Å²) in [5.41, 5.74) is 1.26. The molecule has 9 heteroatoms. The van der Waals surface area contributed by atoms with E-state index in [9.17, 15) is 19.6 Å². The number of nitrogens with zero attached hydrogens (tertiary/aromatic N) is 2. The quantitative estimate of drug-likeness (QED) is 0.417. The summed E-state index contributed by atoms with van der Waals surface area (Å²) in [6.07, 6.45) is 7.09. The molecule has 0 fully saturated rings. The van der Waals surface area contributed by atoms with E-state index in [-0.39, 0.29) is 5.69 Å². The Morgan fingerprint density at radius 1 is 1.10 bits per heavy atom. The average Bonchev–Trinajstić information content (AvgIpc) is 2.73. The molecule has 0 saturated carbocycles. The monoisotopic (exact) mass is 398 g/mol. The van der Waals surface area contributed by atoms with E-state index < -0.39 is 30.9 Å². The van der Waals surface area contributed by atoms with Crippen molar-refractivity contribution in [2.24, 2.45) is 0 Å². The summed E-state index contributed by atoms with van der Waals surface area (Å²) in [5, 5.41) is 24.6. The van der Waals surface area contributed by atoms with Gasteiger partial charge in [-0.3, -0.25) is 14.6 Å². The second-order valence-corrected chi connectivity index (χ2v) is 6.81. The molecule has 0 radical (unpaired) electrons. The fraction of sp³-hybridized carbons (Fsp3) is 0.400. The number of benzene rings is 1. The van der Waals surface area contributed by atoms with Crippen LogP contribution in [0.3, 0.4) is 0 Å². The van der Waals surface area contributed by atoms with Crippen LogP contribution in [0.15, 0.2) is 48.9 Å². The zero-order chi connectivity index (χ0) is 21.1. The van der Waals surface area contributed by atoms with E-state index in [0.717, 1.165) is 12.0 Å². The number of aromatic nitrogens is 2. The van der Waals surface area contributed by atoms with Crippen LogP contribution in [-0.4, -0.2) is 50.9 Å². The third kappa shape index (κ3) is 7.63. The van der Waals surface area contributed by atoms with Crippen LogP contribution in [0, 0.1) is 0 Å². The molecule has 0 aliphatic rings. The second-order valence-electron chi connectivity index (χ2n) is 6.81. The molecule has 4 N–H and O–H groups in total. The number of nitrogens with one attached hydrogen (secondary N) is 2. The predicted octanol–water partition coefficient (Wildman–Crippen LogP) is 0.895. The van der Waals surface area contributed by atoms with Gasteiger partial charge in [0.15, 0.2) is 0 Å². The van der Waals surface area contributed by atoms with E-state index in [1.807, 2.05) is 37.3 Å². The van der Waals surface area contributed by atoms with E-state index in [4.69, 9.17) is 0 Å². The second kappa shape index (κ2) is 11.9. The molecule has 2 amide bonds. The van der Waals surface area contributed by atoms with Crippen molar-refractivity contribution in [1.29, 1.82) is 0 Å². The summed E-state index contributed by atoms with van der Waals surface area (Å²) in [5.74, 6) is -1.78. The largest absolute Gasteiger partial charge is 0.475 e. The molecule has 0 spiro atoms. The lowest BCUT2D eigenvalue weighted by molar-refractivity contribution is -0.123. The fourth-order valence-corrected chi connectivity index (χ4v) is 2.96. The highest BCUT2D eigenvalue weighted by atomic mass is 16.4. The van der Waals surface area contributed by atoms with Crippen LogP contribution in [-0.2, 0) is 11.2 Å². The molecule has 0 aliphatic heterocycles. The van der Waals surface area contributed by atoms with Gasteiger partial charge in [-0.05, 0) is 31.2 Å². The highest BCUT2D eigenvalue weighted by Crippen LogP contribution is 2.08. The minimum Gasteiger partial charge on any atom is -0.426 e. The van der Waals surface area contributed by atoms with Gasteiger partial charge in [0.1, 0.15) is 11.7 Å². The summed E-state index contributed by atoms with van der Waals surface area (Å²) in [6, 6.07) is 9.04. The average molecular weight is 398 g/mol. The number of hydrogen-bond acceptors (Lipinski definition) is 6. The molecule has 2 rings (SSSR count). The van der Waals surface area contributed by atoms with E-state index >= 15 is 0 Å². The molecule has 8 nitrogen and oxygen atoms in total. The lowest BCUT2D eigenvalue weighted by Crippen LogP contribution is -2.54. The van der Waals surface area contributed by atoms with Crippen molar-refractivity contribution in [2.75, 3.05) is 0 Å². The van der Waals surface area contributed by atoms with E-state index in [1.54, 1.807) is 0 Å². The number of hydrogen-bond donors (Lipinski definition) is 4. The van der Waals surface area contributed by atoms with Gasteiger partial charge in [-0.2, -0.15) is 0 Å². The maximum atomic E-state index is 12.7. The van der Waals surface area contributed by atoms with Crippen molar-refractivity contribution in [3.8, 4) is 0 Å². The molecule has 1 aromatic heterocycles. The Morgan fingerprint density at radius 2 is 1.86 bits per heavy atom. The van der Waals surface area contributed by atoms with E-state index in [1.165, 1.54) is 18.6 Å². The highest BCUT2D eigenvalue weighted by Gasteiger charge is 2.29. The van der Waals surface area contributed by atoms with Crippen molar-refractivity contribution in [2.45, 2.75) is 51.0 Å². The molecule has 154 valence electrons. The smallest absolute Gasteiger partial charge is 0.426 e. The summed E-state index contributed by atoms with van der Waals surface area (Å²) in [7, 11) is -1.69. The molecule has 2 atom stereocenters. The Labute approximate surface area is 170 Å². The first-order chi connectivity index (χ1) is 14.0. The maximum absolute atomic E-state index is 12.7. The minimum absolute atomic E-state index is 0.114. The minimum atomic E-state index is -1.69. The third-order valence-electron chi connectivity index (χ3n) is 4.51. The van der Waals surface area contributed by atoms with Crippen molar-refractivity contribution < 1.29 is 19.6 Å². The van der Waals surface area contributed by atoms with Crippen LogP contribution < -0.4 is 10.6 Å². The molecule has 0 saturated heterocycles. The molecular weight excluding hydrogens is 371 g/mol. The lowest BCUT2D eigenvalue weighted by Gasteiger charge is -2.23. The first kappa shape index (κ1) is 22.5. The number of amides is 2. The fourth-order valence-electron chi connectivity index (χ4n) is 2.96. The van der Waals surface area contributed by atoms with Crippen molar-refractivity contribution in [3.63, 3.8) is 0 Å². The number of carbonyl (C=O) groups excluding carboxylic acids is 2. The van der Waals surface area contributed by atoms with Crippen LogP contribution in [0.2, 0.25) is 0 Å². The van der Waals surface area contributed by atoms with Crippen LogP contribution in [0.5, 0.6) is 0 Å². The van der Waals surface area contributed by atoms with Crippen LogP contribution in [0.4, 0.5) is 0 Å². The third-order valence-corrected chi connectivity index (χ3v) is 4.51. The molecule has 0 unspecified atom stereocenters. The van der Waals surface area contributed by atoms with Gasteiger partial charge >= 0.3 is 7.12 Å². The van der Waals surface area contributed by atoms with Gasteiger partial charge in [0.25, 0.3) is 5.91 Å². The maximum Gasteiger partial charge on any atom is 0.475 e. The van der Waals surface area contributed by atoms with Gasteiger partial charge in [0.05, 0.1) is 12.1 Å². The van der Waals surface area contributed by atoms with Gasteiger partial charge in [-0.25, -0.2) is 4.98 Å². The number of carbonyl (C=O) groups is 2. The Morgan fingerprint density at radius 3 is 2.48 bits per heavy atom. The van der Waals surface area contributed by atoms with E-state index in [2.05, 4.69) is 20.6 Å². The van der Waals surface area contributed by atoms with E-state index in [0.29, 0.717) is 25.7 Å². The summed E-state index contributed by atoms with van der Waals surface area (Å²) in [4.78, 5) is 32.7. The number of rotatable bonds is 11. The zero-order valence-electron chi connectivity index (χ0n) is 16.5. The Hall–Kier alpha value is -2.78. The molecule has 29 heavy (non-hydrogen) atoms. The topological polar surface area (TPSA) is 124 Å². The molecule has 0 bridgehead atoms. The van der Waals surface area contributed by atoms with Gasteiger partial charge in [0.2, 0.25) is 5.91 Å². The first-order valence-corrected chi connectivity index (χ1v) is 9.78. The van der Waals surface area contributed by atoms with Gasteiger partial charge in [0, 0.05) is 12.4 Å². The highest BCUT2D eigenvalue weighted by molar-refractivity contribution is 6.43. The molecule has 2 aromatic rings. The number of aryl methyl sites for hydroxylation is 1. The van der Waals surface area contributed by atoms with Crippen molar-refractivity contribution >= 4 is 18.9 Å². The normalized spacial score (nSPS) is 12.7. The van der Waals surface area contributed by atoms with Crippen LogP contribution >= 0.6 is 0 Å². The Bertz CT molecular complexity index is 762. The Balaban J connectivity index is 1.92. The molecule has 1 heterocycles. The standard InChI is InChI=1S/C20H27BN4O4/c1-2-7-16(24-20(27)17-14-22-12-13-23-17)19(26)25-18(21(28)29)11-6-10-15-8-4-3-5-9-15/h3-5,8-9,12-14,16,18,28-29H,2,6-7,10-11H2,1H3,(H,24,27)(H,25,26)/t16-,18+/m1/s1. The summed E-state index contributed by atoms with van der Waals surface area (Å²) < 4.78 is 0. The summed E-state index contributed by atoms with van der Waals surface area (Å²) in [6.45, 7) is 1.90. The SMILES string of the molecule is CCC[C@@H](NC(=O)c1cnccn1)C(=O)N[C@@H](CCCc1ccccc1)B(O)O. The first-order valence-electron chi connectivity index (χ1n) is 9.78. The molecule has 0 aliphatic carbocycles. The zero-order valence-corrected chi connectivity index (χ0v) is 16.5. The lowest BCUT2D eigenvalue weighted by atomic mass is 9.76. The van der Waals surface area contributed by atoms with Crippen LogP contribution in [0.1, 0.15) is 48.7 Å². The van der Waals surface area contributed by atoms with Crippen LogP contribution in [0.25, 0.3) is 0 Å². The van der Waals surface area contributed by atoms with Crippen molar-refractivity contribution in [3.05, 3.63) is 60.2 Å². The van der Waals surface area contributed by atoms with Gasteiger partial charge < -0.3 is 20.7 Å². The summed E-state index contributed by atoms with van der Waals surface area (Å²) >= 11 is 0. The molecule has 1 aromatic carbocycles. The van der Waals surface area contributed by atoms with Gasteiger partial charge in [-0.1, -0.05) is 43.7 Å². The predicted molar refractivity (Wildman–Crippen MR) is 110 cm³/mol.